The summed E-state index contributed by atoms with van der Waals surface area (Å²) in [5.74, 6) is 0. The molecule has 21 heavy (non-hydrogen) atoms. The van der Waals surface area contributed by atoms with E-state index in [0.29, 0.717) is 13.1 Å². The predicted octanol–water partition coefficient (Wildman–Crippen LogP) is 3.61. The van der Waals surface area contributed by atoms with Crippen molar-refractivity contribution in [1.82, 2.24) is 9.47 Å². The van der Waals surface area contributed by atoms with Crippen LogP contribution in [0.2, 0.25) is 5.02 Å². The number of aliphatic hydroxyl groups excluding tert-OH is 1. The maximum Gasteiger partial charge on any atom is 0.0845 e. The van der Waals surface area contributed by atoms with Crippen LogP contribution in [-0.4, -0.2) is 40.3 Å². The van der Waals surface area contributed by atoms with Crippen LogP contribution in [0, 0.1) is 13.8 Å². The van der Waals surface area contributed by atoms with Crippen molar-refractivity contribution in [1.29, 1.82) is 0 Å². The maximum atomic E-state index is 10.4. The topological polar surface area (TPSA) is 28.4 Å². The Kier molecular flexibility index (Phi) is 5.31. The first-order valence-corrected chi connectivity index (χ1v) is 8.01. The predicted molar refractivity (Wildman–Crippen MR) is 90.2 cm³/mol. The number of hydrogen-bond donors (Lipinski definition) is 1. The second kappa shape index (κ2) is 6.82. The van der Waals surface area contributed by atoms with Gasteiger partial charge < -0.3 is 14.6 Å². The van der Waals surface area contributed by atoms with Gasteiger partial charge in [-0.15, -0.1) is 0 Å². The number of benzene rings is 1. The molecule has 0 aliphatic heterocycles. The molecule has 1 unspecified atom stereocenters. The molecule has 1 N–H and O–H groups in total. The minimum Gasteiger partial charge on any atom is -0.390 e. The Hall–Kier alpha value is -1.03. The van der Waals surface area contributed by atoms with Crippen molar-refractivity contribution >= 4 is 22.5 Å². The molecule has 0 saturated carbocycles. The molecule has 2 rings (SSSR count). The van der Waals surface area contributed by atoms with E-state index >= 15 is 0 Å². The van der Waals surface area contributed by atoms with Gasteiger partial charge in [0.05, 0.1) is 23.2 Å². The fourth-order valence-corrected chi connectivity index (χ4v) is 3.21. The highest BCUT2D eigenvalue weighted by atomic mass is 35.5. The van der Waals surface area contributed by atoms with Crippen molar-refractivity contribution in [2.24, 2.45) is 0 Å². The number of aliphatic hydroxyl groups is 1. The smallest absolute Gasteiger partial charge is 0.0845 e. The zero-order chi connectivity index (χ0) is 15.6. The van der Waals surface area contributed by atoms with E-state index in [2.05, 4.69) is 43.2 Å². The average Bonchev–Trinajstić information content (AvgIpc) is 2.71. The Morgan fingerprint density at radius 2 is 1.90 bits per heavy atom. The highest BCUT2D eigenvalue weighted by Gasteiger charge is 2.17. The first-order valence-electron chi connectivity index (χ1n) is 7.63. The summed E-state index contributed by atoms with van der Waals surface area (Å²) in [4.78, 5) is 2.24. The standard InChI is InChI=1S/C17H25ClN2O/c1-5-19(6-2)10-14(21)11-20-13(4)12(3)15-8-7-9-16(18)17(15)20/h7-9,14,21H,5-6,10-11H2,1-4H3. The van der Waals surface area contributed by atoms with Crippen LogP contribution in [0.1, 0.15) is 25.1 Å². The average molecular weight is 309 g/mol. The summed E-state index contributed by atoms with van der Waals surface area (Å²) >= 11 is 6.38. The van der Waals surface area contributed by atoms with Crippen LogP contribution in [0.15, 0.2) is 18.2 Å². The van der Waals surface area contributed by atoms with Crippen LogP contribution in [0.4, 0.5) is 0 Å². The molecule has 0 fully saturated rings. The van der Waals surface area contributed by atoms with Gasteiger partial charge in [-0.05, 0) is 38.6 Å². The summed E-state index contributed by atoms with van der Waals surface area (Å²) in [6.45, 7) is 11.6. The maximum absolute atomic E-state index is 10.4. The van der Waals surface area contributed by atoms with Crippen molar-refractivity contribution in [3.8, 4) is 0 Å². The molecule has 0 saturated heterocycles. The van der Waals surface area contributed by atoms with Crippen molar-refractivity contribution in [2.45, 2.75) is 40.3 Å². The molecule has 1 atom stereocenters. The van der Waals surface area contributed by atoms with Gasteiger partial charge in [-0.1, -0.05) is 37.6 Å². The molecule has 0 aliphatic rings. The van der Waals surface area contributed by atoms with Crippen LogP contribution >= 0.6 is 11.6 Å². The van der Waals surface area contributed by atoms with E-state index in [1.165, 1.54) is 16.6 Å². The number of likely N-dealkylation sites (N-methyl/N-ethyl adjacent to an activating group) is 1. The Balaban J connectivity index is 2.32. The monoisotopic (exact) mass is 308 g/mol. The number of halogens is 1. The van der Waals surface area contributed by atoms with Gasteiger partial charge in [0.15, 0.2) is 0 Å². The fraction of sp³-hybridized carbons (Fsp3) is 0.529. The van der Waals surface area contributed by atoms with E-state index in [0.717, 1.165) is 23.6 Å². The molecule has 1 heterocycles. The summed E-state index contributed by atoms with van der Waals surface area (Å²) < 4.78 is 2.15. The van der Waals surface area contributed by atoms with Gasteiger partial charge >= 0.3 is 0 Å². The zero-order valence-corrected chi connectivity index (χ0v) is 14.1. The third-order valence-corrected chi connectivity index (χ3v) is 4.67. The highest BCUT2D eigenvalue weighted by Crippen LogP contribution is 2.30. The lowest BCUT2D eigenvalue weighted by Gasteiger charge is -2.23. The van der Waals surface area contributed by atoms with Crippen molar-refractivity contribution in [2.75, 3.05) is 19.6 Å². The van der Waals surface area contributed by atoms with Crippen LogP contribution < -0.4 is 0 Å². The highest BCUT2D eigenvalue weighted by molar-refractivity contribution is 6.35. The lowest BCUT2D eigenvalue weighted by atomic mass is 10.2. The molecule has 2 aromatic rings. The molecule has 0 radical (unpaired) electrons. The molecule has 3 nitrogen and oxygen atoms in total. The first kappa shape index (κ1) is 16.3. The van der Waals surface area contributed by atoms with Gasteiger partial charge in [0.1, 0.15) is 0 Å². The zero-order valence-electron chi connectivity index (χ0n) is 13.4. The van der Waals surface area contributed by atoms with E-state index in [-0.39, 0.29) is 0 Å². The van der Waals surface area contributed by atoms with Gasteiger partial charge in [0.2, 0.25) is 0 Å². The van der Waals surface area contributed by atoms with Crippen LogP contribution in [0.3, 0.4) is 0 Å². The van der Waals surface area contributed by atoms with Crippen molar-refractivity contribution in [3.05, 3.63) is 34.5 Å². The Morgan fingerprint density at radius 1 is 1.24 bits per heavy atom. The molecule has 1 aromatic carbocycles. The largest absolute Gasteiger partial charge is 0.390 e. The van der Waals surface area contributed by atoms with Gasteiger partial charge in [-0.25, -0.2) is 0 Å². The number of rotatable bonds is 6. The summed E-state index contributed by atoms with van der Waals surface area (Å²) in [6, 6.07) is 5.99. The third kappa shape index (κ3) is 3.25. The van der Waals surface area contributed by atoms with E-state index in [4.69, 9.17) is 11.6 Å². The number of aryl methyl sites for hydroxylation is 1. The molecule has 0 spiro atoms. The molecule has 0 aliphatic carbocycles. The summed E-state index contributed by atoms with van der Waals surface area (Å²) in [7, 11) is 0. The Bertz CT molecular complexity index is 617. The van der Waals surface area contributed by atoms with Crippen molar-refractivity contribution in [3.63, 3.8) is 0 Å². The number of para-hydroxylation sites is 1. The minimum atomic E-state index is -0.394. The van der Waals surface area contributed by atoms with Gasteiger partial charge in [0, 0.05) is 17.6 Å². The van der Waals surface area contributed by atoms with E-state index in [1.807, 2.05) is 12.1 Å². The minimum absolute atomic E-state index is 0.394. The van der Waals surface area contributed by atoms with E-state index in [1.54, 1.807) is 0 Å². The molecule has 0 amide bonds. The summed E-state index contributed by atoms with van der Waals surface area (Å²) in [5, 5.41) is 12.3. The number of fused-ring (bicyclic) bond motifs is 1. The second-order valence-corrected chi connectivity index (χ2v) is 6.00. The molecular weight excluding hydrogens is 284 g/mol. The second-order valence-electron chi connectivity index (χ2n) is 5.60. The number of aromatic nitrogens is 1. The Morgan fingerprint density at radius 3 is 2.52 bits per heavy atom. The quantitative estimate of drug-likeness (QED) is 0.883. The lowest BCUT2D eigenvalue weighted by molar-refractivity contribution is 0.104. The van der Waals surface area contributed by atoms with Gasteiger partial charge in [-0.2, -0.15) is 0 Å². The molecular formula is C17H25ClN2O. The van der Waals surface area contributed by atoms with Crippen molar-refractivity contribution < 1.29 is 5.11 Å². The van der Waals surface area contributed by atoms with Crippen LogP contribution in [-0.2, 0) is 6.54 Å². The van der Waals surface area contributed by atoms with Crippen LogP contribution in [0.5, 0.6) is 0 Å². The molecule has 4 heteroatoms. The number of nitrogens with zero attached hydrogens (tertiary/aromatic N) is 2. The fourth-order valence-electron chi connectivity index (χ4n) is 2.93. The van der Waals surface area contributed by atoms with Gasteiger partial charge in [-0.3, -0.25) is 0 Å². The van der Waals surface area contributed by atoms with Crippen LogP contribution in [0.25, 0.3) is 10.9 Å². The Labute approximate surface area is 132 Å². The lowest BCUT2D eigenvalue weighted by Crippen LogP contribution is -2.34. The third-order valence-electron chi connectivity index (χ3n) is 4.36. The first-order chi connectivity index (χ1) is 9.99. The molecule has 0 bridgehead atoms. The summed E-state index contributed by atoms with van der Waals surface area (Å²) in [5.41, 5.74) is 3.45. The van der Waals surface area contributed by atoms with E-state index < -0.39 is 6.10 Å². The molecule has 1 aromatic heterocycles. The SMILES string of the molecule is CCN(CC)CC(O)Cn1c(C)c(C)c2cccc(Cl)c21. The normalized spacial score (nSPS) is 13.3. The molecule has 116 valence electrons. The number of hydrogen-bond acceptors (Lipinski definition) is 2. The van der Waals surface area contributed by atoms with Gasteiger partial charge in [0.25, 0.3) is 0 Å². The summed E-state index contributed by atoms with van der Waals surface area (Å²) in [6.07, 6.45) is -0.394. The van der Waals surface area contributed by atoms with E-state index in [9.17, 15) is 5.11 Å².